The van der Waals surface area contributed by atoms with Crippen LogP contribution < -0.4 is 10.5 Å². The Balaban J connectivity index is 2.09. The van der Waals surface area contributed by atoms with Crippen LogP contribution in [0.15, 0.2) is 36.4 Å². The lowest BCUT2D eigenvalue weighted by Gasteiger charge is -2.28. The van der Waals surface area contributed by atoms with E-state index in [1.54, 1.807) is 7.11 Å². The second-order valence-corrected chi connectivity index (χ2v) is 5.38. The largest absolute Gasteiger partial charge is 0.497 e. The van der Waals surface area contributed by atoms with Gasteiger partial charge in [-0.2, -0.15) is 0 Å². The second-order valence-electron chi connectivity index (χ2n) is 5.38. The molecule has 0 atom stereocenters. The molecule has 0 unspecified atom stereocenters. The molecule has 0 fully saturated rings. The van der Waals surface area contributed by atoms with E-state index in [1.165, 1.54) is 22.3 Å². The third-order valence-corrected chi connectivity index (χ3v) is 4.04. The first-order chi connectivity index (χ1) is 9.69. The molecular formula is C17H20N2O. The fraction of sp³-hybridized carbons (Fsp3) is 0.294. The van der Waals surface area contributed by atoms with Gasteiger partial charge in [-0.1, -0.05) is 18.2 Å². The Morgan fingerprint density at radius 1 is 1.05 bits per heavy atom. The maximum atomic E-state index is 6.14. The van der Waals surface area contributed by atoms with Crippen molar-refractivity contribution < 1.29 is 4.74 Å². The van der Waals surface area contributed by atoms with E-state index in [9.17, 15) is 0 Å². The van der Waals surface area contributed by atoms with Gasteiger partial charge in [-0.25, -0.2) is 0 Å². The molecule has 3 nitrogen and oxygen atoms in total. The zero-order valence-electron chi connectivity index (χ0n) is 12.0. The lowest BCUT2D eigenvalue weighted by atomic mass is 9.90. The molecule has 0 amide bonds. The van der Waals surface area contributed by atoms with Gasteiger partial charge in [0.25, 0.3) is 0 Å². The van der Waals surface area contributed by atoms with Gasteiger partial charge in [0, 0.05) is 18.8 Å². The lowest BCUT2D eigenvalue weighted by Crippen LogP contribution is -2.27. The summed E-state index contributed by atoms with van der Waals surface area (Å²) in [5.41, 5.74) is 12.2. The van der Waals surface area contributed by atoms with Crippen molar-refractivity contribution in [3.63, 3.8) is 0 Å². The minimum absolute atomic E-state index is 0.884. The van der Waals surface area contributed by atoms with Gasteiger partial charge < -0.3 is 15.4 Å². The zero-order valence-corrected chi connectivity index (χ0v) is 12.0. The number of likely N-dealkylation sites (N-methyl/N-ethyl adjacent to an activating group) is 1. The van der Waals surface area contributed by atoms with Crippen molar-refractivity contribution >= 4 is 5.69 Å². The van der Waals surface area contributed by atoms with Crippen molar-refractivity contribution in [2.75, 3.05) is 26.4 Å². The van der Waals surface area contributed by atoms with Gasteiger partial charge in [0.15, 0.2) is 0 Å². The third kappa shape index (κ3) is 2.25. The predicted molar refractivity (Wildman–Crippen MR) is 82.9 cm³/mol. The number of nitrogen functional groups attached to an aromatic ring is 1. The average Bonchev–Trinajstić information content (AvgIpc) is 2.48. The molecule has 0 spiro atoms. The SMILES string of the molecule is COc1ccc(-c2ccc(N)c3c2CN(C)CC3)cc1. The highest BCUT2D eigenvalue weighted by Gasteiger charge is 2.19. The van der Waals surface area contributed by atoms with E-state index in [0.717, 1.165) is 30.9 Å². The minimum atomic E-state index is 0.884. The molecule has 3 rings (SSSR count). The van der Waals surface area contributed by atoms with Gasteiger partial charge in [-0.05, 0) is 53.9 Å². The number of nitrogens with two attached hydrogens (primary N) is 1. The normalized spacial score (nSPS) is 14.9. The summed E-state index contributed by atoms with van der Waals surface area (Å²) in [7, 11) is 3.85. The van der Waals surface area contributed by atoms with Crippen molar-refractivity contribution in [1.82, 2.24) is 4.90 Å². The van der Waals surface area contributed by atoms with Crippen LogP contribution in [-0.2, 0) is 13.0 Å². The van der Waals surface area contributed by atoms with E-state index >= 15 is 0 Å². The van der Waals surface area contributed by atoms with Crippen molar-refractivity contribution in [3.8, 4) is 16.9 Å². The Labute approximate surface area is 120 Å². The Morgan fingerprint density at radius 3 is 2.50 bits per heavy atom. The summed E-state index contributed by atoms with van der Waals surface area (Å²) < 4.78 is 5.23. The van der Waals surface area contributed by atoms with E-state index in [1.807, 2.05) is 18.2 Å². The summed E-state index contributed by atoms with van der Waals surface area (Å²) in [5, 5.41) is 0. The number of benzene rings is 2. The third-order valence-electron chi connectivity index (χ3n) is 4.04. The summed E-state index contributed by atoms with van der Waals surface area (Å²) in [5.74, 6) is 0.884. The van der Waals surface area contributed by atoms with Crippen LogP contribution in [0.2, 0.25) is 0 Å². The predicted octanol–water partition coefficient (Wildman–Crippen LogP) is 2.93. The maximum absolute atomic E-state index is 6.14. The number of anilines is 1. The molecule has 0 aromatic heterocycles. The van der Waals surface area contributed by atoms with Crippen LogP contribution in [0.1, 0.15) is 11.1 Å². The Bertz CT molecular complexity index is 620. The quantitative estimate of drug-likeness (QED) is 0.851. The Kier molecular flexibility index (Phi) is 3.36. The molecule has 0 aliphatic carbocycles. The monoisotopic (exact) mass is 268 g/mol. The molecule has 2 aromatic rings. The van der Waals surface area contributed by atoms with Crippen molar-refractivity contribution in [1.29, 1.82) is 0 Å². The molecule has 1 aliphatic rings. The molecule has 0 radical (unpaired) electrons. The van der Waals surface area contributed by atoms with Crippen LogP contribution in [0, 0.1) is 0 Å². The van der Waals surface area contributed by atoms with Gasteiger partial charge in [-0.15, -0.1) is 0 Å². The fourth-order valence-corrected chi connectivity index (χ4v) is 2.88. The van der Waals surface area contributed by atoms with Crippen LogP contribution in [0.5, 0.6) is 5.75 Å². The first-order valence-corrected chi connectivity index (χ1v) is 6.92. The fourth-order valence-electron chi connectivity index (χ4n) is 2.88. The van der Waals surface area contributed by atoms with Gasteiger partial charge in [0.05, 0.1) is 7.11 Å². The van der Waals surface area contributed by atoms with Gasteiger partial charge >= 0.3 is 0 Å². The number of methoxy groups -OCH3 is 1. The van der Waals surface area contributed by atoms with Gasteiger partial charge in [0.1, 0.15) is 5.75 Å². The van der Waals surface area contributed by atoms with Crippen LogP contribution in [0.3, 0.4) is 0 Å². The number of hydrogen-bond donors (Lipinski definition) is 1. The molecule has 20 heavy (non-hydrogen) atoms. The topological polar surface area (TPSA) is 38.5 Å². The van der Waals surface area contributed by atoms with Crippen LogP contribution in [-0.4, -0.2) is 25.6 Å². The lowest BCUT2D eigenvalue weighted by molar-refractivity contribution is 0.314. The first-order valence-electron chi connectivity index (χ1n) is 6.92. The number of hydrogen-bond acceptors (Lipinski definition) is 3. The number of ether oxygens (including phenoxy) is 1. The molecule has 0 bridgehead atoms. The summed E-state index contributed by atoms with van der Waals surface area (Å²) in [4.78, 5) is 2.34. The van der Waals surface area contributed by atoms with Gasteiger partial charge in [0.2, 0.25) is 0 Å². The molecule has 3 heteroatoms. The molecule has 2 aromatic carbocycles. The highest BCUT2D eigenvalue weighted by molar-refractivity contribution is 5.73. The summed E-state index contributed by atoms with van der Waals surface area (Å²) in [6.45, 7) is 2.03. The molecule has 0 saturated heterocycles. The van der Waals surface area contributed by atoms with Crippen molar-refractivity contribution in [3.05, 3.63) is 47.5 Å². The van der Waals surface area contributed by atoms with Crippen molar-refractivity contribution in [2.45, 2.75) is 13.0 Å². The second kappa shape index (κ2) is 5.17. The molecule has 1 heterocycles. The average molecular weight is 268 g/mol. The molecule has 0 saturated carbocycles. The van der Waals surface area contributed by atoms with Gasteiger partial charge in [-0.3, -0.25) is 0 Å². The molecule has 104 valence electrons. The molecule has 1 aliphatic heterocycles. The Morgan fingerprint density at radius 2 is 1.80 bits per heavy atom. The number of fused-ring (bicyclic) bond motifs is 1. The molecular weight excluding hydrogens is 248 g/mol. The first kappa shape index (κ1) is 13.0. The summed E-state index contributed by atoms with van der Waals surface area (Å²) >= 11 is 0. The highest BCUT2D eigenvalue weighted by atomic mass is 16.5. The number of nitrogens with zero attached hydrogens (tertiary/aromatic N) is 1. The summed E-state index contributed by atoms with van der Waals surface area (Å²) in [6.07, 6.45) is 1.03. The standard InChI is InChI=1S/C17H20N2O/c1-19-10-9-15-16(11-19)14(7-8-17(15)18)12-3-5-13(20-2)6-4-12/h3-8H,9-11,18H2,1-2H3. The van der Waals surface area contributed by atoms with Crippen LogP contribution in [0.4, 0.5) is 5.69 Å². The number of rotatable bonds is 2. The minimum Gasteiger partial charge on any atom is -0.497 e. The van der Waals surface area contributed by atoms with Crippen molar-refractivity contribution in [2.24, 2.45) is 0 Å². The Hall–Kier alpha value is -2.00. The van der Waals surface area contributed by atoms with E-state index < -0.39 is 0 Å². The smallest absolute Gasteiger partial charge is 0.118 e. The highest BCUT2D eigenvalue weighted by Crippen LogP contribution is 2.34. The molecule has 2 N–H and O–H groups in total. The zero-order chi connectivity index (χ0) is 14.1. The van der Waals surface area contributed by atoms with E-state index in [-0.39, 0.29) is 0 Å². The van der Waals surface area contributed by atoms with E-state index in [4.69, 9.17) is 10.5 Å². The van der Waals surface area contributed by atoms with Crippen LogP contribution in [0.25, 0.3) is 11.1 Å². The van der Waals surface area contributed by atoms with E-state index in [2.05, 4.69) is 30.1 Å². The van der Waals surface area contributed by atoms with Crippen LogP contribution >= 0.6 is 0 Å². The van der Waals surface area contributed by atoms with E-state index in [0.29, 0.717) is 0 Å². The summed E-state index contributed by atoms with van der Waals surface area (Å²) in [6, 6.07) is 12.4. The maximum Gasteiger partial charge on any atom is 0.118 e.